The number of hydrogen-bond donors (Lipinski definition) is 0. The van der Waals surface area contributed by atoms with E-state index in [9.17, 15) is 0 Å². The van der Waals surface area contributed by atoms with Gasteiger partial charge in [-0.3, -0.25) is 0 Å². The molecule has 0 bridgehead atoms. The smallest absolute Gasteiger partial charge is 0.550 e. The largest absolute Gasteiger partial charge is 3.00 e. The van der Waals surface area contributed by atoms with Gasteiger partial charge in [0.1, 0.15) is 0 Å². The van der Waals surface area contributed by atoms with Crippen LogP contribution in [0.15, 0.2) is 0 Å². The number of hydrogen-bond acceptors (Lipinski definition) is 6. The van der Waals surface area contributed by atoms with Crippen molar-refractivity contribution in [3.63, 3.8) is 0 Å². The molecule has 73 valence electrons. The van der Waals surface area contributed by atoms with Gasteiger partial charge in [0.25, 0.3) is 0 Å². The minimum absolute atomic E-state index is 0. The van der Waals surface area contributed by atoms with Crippen molar-refractivity contribution in [1.82, 2.24) is 0 Å². The van der Waals surface area contributed by atoms with Gasteiger partial charge in [0, 0.05) is 17.9 Å². The molecule has 0 aromatic heterocycles. The second kappa shape index (κ2) is 17.8. The number of carboxylic acid groups (broad SMARTS) is 3. The molecule has 0 fully saturated rings. The van der Waals surface area contributed by atoms with Gasteiger partial charge in [-0.1, -0.05) is 0 Å². The molecule has 0 unspecified atom stereocenters. The van der Waals surface area contributed by atoms with E-state index in [-0.39, 0.29) is 41.7 Å². The summed E-state index contributed by atoms with van der Waals surface area (Å²) in [4.78, 5) is 26.7. The Morgan fingerprint density at radius 1 is 0.692 bits per heavy atom. The van der Waals surface area contributed by atoms with Gasteiger partial charge in [0.05, 0.1) is 0 Å². The summed E-state index contributed by atoms with van der Waals surface area (Å²) in [7, 11) is 0. The maximum absolute atomic E-state index is 8.89. The molecule has 0 rings (SSSR count). The van der Waals surface area contributed by atoms with E-state index >= 15 is 0 Å². The SMILES string of the molecule is CC(=O)[O-].CC(=O)[O-].CC(=O)[O-].[Ce+3]. The second-order valence-electron chi connectivity index (χ2n) is 1.47. The first-order valence-corrected chi connectivity index (χ1v) is 2.72. The normalized spacial score (nSPS) is 5.77. The molecular formula is C6H9CeO6. The van der Waals surface area contributed by atoms with E-state index in [1.165, 1.54) is 0 Å². The summed E-state index contributed by atoms with van der Waals surface area (Å²) in [6.07, 6.45) is 0. The maximum Gasteiger partial charge on any atom is 3.00 e. The average molecular weight is 317 g/mol. The molecule has 0 aliphatic heterocycles. The zero-order valence-corrected chi connectivity index (χ0v) is 10.6. The fourth-order valence-corrected chi connectivity index (χ4v) is 0. The van der Waals surface area contributed by atoms with Gasteiger partial charge in [0.15, 0.2) is 0 Å². The first-order valence-electron chi connectivity index (χ1n) is 2.72. The Kier molecular flexibility index (Phi) is 31.4. The van der Waals surface area contributed by atoms with Crippen LogP contribution in [0.2, 0.25) is 0 Å². The van der Waals surface area contributed by atoms with E-state index in [2.05, 4.69) is 0 Å². The monoisotopic (exact) mass is 317 g/mol. The van der Waals surface area contributed by atoms with Gasteiger partial charge < -0.3 is 29.7 Å². The van der Waals surface area contributed by atoms with Gasteiger partial charge in [0.2, 0.25) is 0 Å². The minimum atomic E-state index is -1.08. The molecule has 0 N–H and O–H groups in total. The number of carbonyl (C=O) groups excluding carboxylic acids is 3. The summed E-state index contributed by atoms with van der Waals surface area (Å²) >= 11 is 0. The molecule has 6 nitrogen and oxygen atoms in total. The molecule has 0 aromatic rings. The summed E-state index contributed by atoms with van der Waals surface area (Å²) in [5, 5.41) is 26.7. The van der Waals surface area contributed by atoms with Crippen molar-refractivity contribution < 1.29 is 71.5 Å². The standard InChI is InChI=1S/3C2H4O2.Ce/c3*1-2(3)4;/h3*1H3,(H,3,4);/q;;;+3/p-3. The molecule has 1 radical (unpaired) electrons. The van der Waals surface area contributed by atoms with E-state index in [0.29, 0.717) is 0 Å². The third-order valence-electron chi connectivity index (χ3n) is 0. The molecule has 0 saturated carbocycles. The molecule has 0 amide bonds. The van der Waals surface area contributed by atoms with Crippen LogP contribution >= 0.6 is 0 Å². The van der Waals surface area contributed by atoms with E-state index < -0.39 is 17.9 Å². The molecule has 0 saturated heterocycles. The van der Waals surface area contributed by atoms with Crippen LogP contribution in [0.25, 0.3) is 0 Å². The van der Waals surface area contributed by atoms with Crippen molar-refractivity contribution in [2.45, 2.75) is 20.8 Å². The number of carbonyl (C=O) groups is 3. The molecular weight excluding hydrogens is 308 g/mol. The number of rotatable bonds is 0. The van der Waals surface area contributed by atoms with Crippen LogP contribution in [-0.2, 0) is 14.4 Å². The fraction of sp³-hybridized carbons (Fsp3) is 0.500. The van der Waals surface area contributed by atoms with Crippen LogP contribution < -0.4 is 15.3 Å². The summed E-state index contributed by atoms with van der Waals surface area (Å²) in [5.74, 6) is -3.25. The first-order chi connectivity index (χ1) is 5.20. The van der Waals surface area contributed by atoms with Crippen molar-refractivity contribution in [2.24, 2.45) is 0 Å². The van der Waals surface area contributed by atoms with Crippen LogP contribution in [0.3, 0.4) is 0 Å². The van der Waals surface area contributed by atoms with E-state index in [0.717, 1.165) is 20.8 Å². The number of aliphatic carboxylic acids is 3. The molecule has 0 heterocycles. The molecule has 0 atom stereocenters. The van der Waals surface area contributed by atoms with Crippen LogP contribution in [0.4, 0.5) is 0 Å². The summed E-state index contributed by atoms with van der Waals surface area (Å²) in [5.41, 5.74) is 0. The quantitative estimate of drug-likeness (QED) is 0.453. The van der Waals surface area contributed by atoms with Crippen molar-refractivity contribution in [3.05, 3.63) is 0 Å². The van der Waals surface area contributed by atoms with Crippen LogP contribution in [0, 0.1) is 41.7 Å². The van der Waals surface area contributed by atoms with Gasteiger partial charge >= 0.3 is 41.7 Å². The molecule has 0 aliphatic rings. The topological polar surface area (TPSA) is 120 Å². The van der Waals surface area contributed by atoms with E-state index in [1.54, 1.807) is 0 Å². The predicted octanol–water partition coefficient (Wildman–Crippen LogP) is -3.73. The zero-order chi connectivity index (χ0) is 10.7. The molecule has 13 heavy (non-hydrogen) atoms. The average Bonchev–Trinajstić information content (AvgIpc) is 1.54. The van der Waals surface area contributed by atoms with Gasteiger partial charge in [-0.2, -0.15) is 0 Å². The van der Waals surface area contributed by atoms with E-state index in [1.807, 2.05) is 0 Å². The summed E-state index contributed by atoms with van der Waals surface area (Å²) < 4.78 is 0. The molecule has 0 spiro atoms. The summed E-state index contributed by atoms with van der Waals surface area (Å²) in [6.45, 7) is 2.92. The minimum Gasteiger partial charge on any atom is -0.550 e. The maximum atomic E-state index is 8.89. The fourth-order valence-electron chi connectivity index (χ4n) is 0. The molecule has 0 aromatic carbocycles. The zero-order valence-electron chi connectivity index (χ0n) is 7.45. The Labute approximate surface area is 109 Å². The Balaban J connectivity index is -0.0000000450. The Morgan fingerprint density at radius 2 is 0.692 bits per heavy atom. The van der Waals surface area contributed by atoms with Crippen LogP contribution in [-0.4, -0.2) is 17.9 Å². The molecule has 7 heteroatoms. The Hall–Kier alpha value is -0.213. The third-order valence-corrected chi connectivity index (χ3v) is 0. The van der Waals surface area contributed by atoms with Crippen molar-refractivity contribution >= 4 is 17.9 Å². The predicted molar refractivity (Wildman–Crippen MR) is 32.0 cm³/mol. The van der Waals surface area contributed by atoms with Crippen molar-refractivity contribution in [3.8, 4) is 0 Å². The first kappa shape index (κ1) is 23.0. The van der Waals surface area contributed by atoms with Crippen LogP contribution in [0.1, 0.15) is 20.8 Å². The van der Waals surface area contributed by atoms with Crippen LogP contribution in [0.5, 0.6) is 0 Å². The van der Waals surface area contributed by atoms with Gasteiger partial charge in [-0.15, -0.1) is 0 Å². The number of carboxylic acids is 3. The van der Waals surface area contributed by atoms with E-state index in [4.69, 9.17) is 29.7 Å². The van der Waals surface area contributed by atoms with Gasteiger partial charge in [-0.05, 0) is 20.8 Å². The molecule has 0 aliphatic carbocycles. The Morgan fingerprint density at radius 3 is 0.692 bits per heavy atom. The summed E-state index contributed by atoms with van der Waals surface area (Å²) in [6, 6.07) is 0. The third kappa shape index (κ3) is 24800. The van der Waals surface area contributed by atoms with Crippen molar-refractivity contribution in [1.29, 1.82) is 0 Å². The van der Waals surface area contributed by atoms with Gasteiger partial charge in [-0.25, -0.2) is 0 Å². The second-order valence-corrected chi connectivity index (χ2v) is 1.47. The Bertz CT molecular complexity index is 115. The van der Waals surface area contributed by atoms with Crippen molar-refractivity contribution in [2.75, 3.05) is 0 Å².